The summed E-state index contributed by atoms with van der Waals surface area (Å²) in [6, 6.07) is 7.41. The summed E-state index contributed by atoms with van der Waals surface area (Å²) in [5.74, 6) is 0.433. The molecule has 0 aliphatic carbocycles. The van der Waals surface area contributed by atoms with Crippen LogP contribution in [0.4, 0.5) is 10.7 Å². The molecular formula is C17H20N2O3S2. The van der Waals surface area contributed by atoms with Gasteiger partial charge in [-0.2, -0.15) is 0 Å². The highest BCUT2D eigenvalue weighted by Gasteiger charge is 2.21. The van der Waals surface area contributed by atoms with Crippen LogP contribution in [-0.2, 0) is 4.74 Å². The SMILES string of the molecule is CCOC(=O)c1c(NC(=S)Nc2ccc(OC)cc2)sc(C)c1C. The van der Waals surface area contributed by atoms with Crippen molar-refractivity contribution in [3.8, 4) is 5.75 Å². The number of hydrogen-bond acceptors (Lipinski definition) is 5. The number of aryl methyl sites for hydroxylation is 1. The van der Waals surface area contributed by atoms with E-state index in [9.17, 15) is 4.79 Å². The molecule has 0 bridgehead atoms. The standard InChI is InChI=1S/C17H20N2O3S2/c1-5-22-16(20)14-10(2)11(3)24-15(14)19-17(23)18-12-6-8-13(21-4)9-7-12/h6-9H,5H2,1-4H3,(H2,18,19,23). The predicted octanol–water partition coefficient (Wildman–Crippen LogP) is 4.36. The second kappa shape index (κ2) is 8.12. The predicted molar refractivity (Wildman–Crippen MR) is 103 cm³/mol. The average Bonchev–Trinajstić information content (AvgIpc) is 2.82. The number of carbonyl (C=O) groups excluding carboxylic acids is 1. The smallest absolute Gasteiger partial charge is 0.341 e. The molecule has 2 N–H and O–H groups in total. The Kier molecular flexibility index (Phi) is 6.16. The molecule has 7 heteroatoms. The van der Waals surface area contributed by atoms with Crippen molar-refractivity contribution in [2.45, 2.75) is 20.8 Å². The molecule has 24 heavy (non-hydrogen) atoms. The zero-order valence-corrected chi connectivity index (χ0v) is 15.7. The fourth-order valence-corrected chi connectivity index (χ4v) is 3.44. The van der Waals surface area contributed by atoms with Crippen LogP contribution in [0.2, 0.25) is 0 Å². The number of rotatable bonds is 5. The zero-order chi connectivity index (χ0) is 17.7. The highest BCUT2D eigenvalue weighted by atomic mass is 32.1. The first-order valence-electron chi connectivity index (χ1n) is 7.45. The first kappa shape index (κ1) is 18.2. The van der Waals surface area contributed by atoms with Crippen LogP contribution in [0.1, 0.15) is 27.7 Å². The average molecular weight is 364 g/mol. The molecule has 1 aromatic heterocycles. The van der Waals surface area contributed by atoms with Gasteiger partial charge in [-0.25, -0.2) is 4.79 Å². The van der Waals surface area contributed by atoms with Gasteiger partial charge in [-0.05, 0) is 62.8 Å². The fraction of sp³-hybridized carbons (Fsp3) is 0.294. The van der Waals surface area contributed by atoms with Crippen LogP contribution in [0.5, 0.6) is 5.75 Å². The van der Waals surface area contributed by atoms with E-state index in [1.165, 1.54) is 11.3 Å². The van der Waals surface area contributed by atoms with Gasteiger partial charge in [0, 0.05) is 10.6 Å². The topological polar surface area (TPSA) is 59.6 Å². The largest absolute Gasteiger partial charge is 0.497 e. The summed E-state index contributed by atoms with van der Waals surface area (Å²) in [5, 5.41) is 7.28. The van der Waals surface area contributed by atoms with Gasteiger partial charge in [-0.15, -0.1) is 11.3 Å². The molecule has 0 aliphatic rings. The van der Waals surface area contributed by atoms with Crippen LogP contribution >= 0.6 is 23.6 Å². The Morgan fingerprint density at radius 2 is 1.88 bits per heavy atom. The van der Waals surface area contributed by atoms with Crippen molar-refractivity contribution in [2.75, 3.05) is 24.4 Å². The van der Waals surface area contributed by atoms with E-state index in [0.29, 0.717) is 22.3 Å². The molecular weight excluding hydrogens is 344 g/mol. The highest BCUT2D eigenvalue weighted by Crippen LogP contribution is 2.33. The van der Waals surface area contributed by atoms with E-state index in [1.54, 1.807) is 14.0 Å². The molecule has 0 saturated carbocycles. The fourth-order valence-electron chi connectivity index (χ4n) is 2.10. The Labute approximate surface area is 151 Å². The normalized spacial score (nSPS) is 10.2. The van der Waals surface area contributed by atoms with Gasteiger partial charge in [0.25, 0.3) is 0 Å². The first-order valence-corrected chi connectivity index (χ1v) is 8.67. The van der Waals surface area contributed by atoms with E-state index in [1.807, 2.05) is 38.1 Å². The maximum absolute atomic E-state index is 12.2. The third-order valence-corrected chi connectivity index (χ3v) is 4.77. The van der Waals surface area contributed by atoms with Gasteiger partial charge >= 0.3 is 5.97 Å². The van der Waals surface area contributed by atoms with Gasteiger partial charge in [0.2, 0.25) is 0 Å². The first-order chi connectivity index (χ1) is 11.5. The third-order valence-electron chi connectivity index (χ3n) is 3.44. The van der Waals surface area contributed by atoms with Crippen LogP contribution < -0.4 is 15.4 Å². The molecule has 2 rings (SSSR count). The Hall–Kier alpha value is -2.12. The minimum absolute atomic E-state index is 0.334. The van der Waals surface area contributed by atoms with E-state index in [4.69, 9.17) is 21.7 Å². The van der Waals surface area contributed by atoms with Gasteiger partial charge in [0.1, 0.15) is 10.8 Å². The van der Waals surface area contributed by atoms with Crippen molar-refractivity contribution in [2.24, 2.45) is 0 Å². The second-order valence-electron chi connectivity index (χ2n) is 5.02. The minimum Gasteiger partial charge on any atom is -0.497 e. The lowest BCUT2D eigenvalue weighted by atomic mass is 10.1. The van der Waals surface area contributed by atoms with Gasteiger partial charge in [-0.3, -0.25) is 0 Å². The number of methoxy groups -OCH3 is 1. The summed E-state index contributed by atoms with van der Waals surface area (Å²) in [4.78, 5) is 13.2. The van der Waals surface area contributed by atoms with Crippen molar-refractivity contribution in [3.05, 3.63) is 40.3 Å². The number of benzene rings is 1. The number of thiocarbonyl (C=S) groups is 1. The summed E-state index contributed by atoms with van der Waals surface area (Å²) in [6.07, 6.45) is 0. The second-order valence-corrected chi connectivity index (χ2v) is 6.65. The summed E-state index contributed by atoms with van der Waals surface area (Å²) >= 11 is 6.82. The van der Waals surface area contributed by atoms with Crippen molar-refractivity contribution in [3.63, 3.8) is 0 Å². The molecule has 1 heterocycles. The molecule has 2 aromatic rings. The molecule has 0 fully saturated rings. The molecule has 1 aromatic carbocycles. The monoisotopic (exact) mass is 364 g/mol. The van der Waals surface area contributed by atoms with Crippen molar-refractivity contribution >= 4 is 45.3 Å². The lowest BCUT2D eigenvalue weighted by Gasteiger charge is -2.11. The quantitative estimate of drug-likeness (QED) is 0.607. The summed E-state index contributed by atoms with van der Waals surface area (Å²) < 4.78 is 10.3. The van der Waals surface area contributed by atoms with Crippen LogP contribution in [0.15, 0.2) is 24.3 Å². The zero-order valence-electron chi connectivity index (χ0n) is 14.1. The number of thiophene rings is 1. The van der Waals surface area contributed by atoms with E-state index in [-0.39, 0.29) is 5.97 Å². The van der Waals surface area contributed by atoms with Crippen molar-refractivity contribution < 1.29 is 14.3 Å². The molecule has 0 unspecified atom stereocenters. The number of nitrogens with one attached hydrogen (secondary N) is 2. The maximum Gasteiger partial charge on any atom is 0.341 e. The van der Waals surface area contributed by atoms with E-state index < -0.39 is 0 Å². The van der Waals surface area contributed by atoms with Gasteiger partial charge in [0.05, 0.1) is 19.3 Å². The molecule has 0 saturated heterocycles. The van der Waals surface area contributed by atoms with Crippen molar-refractivity contribution in [1.29, 1.82) is 0 Å². The lowest BCUT2D eigenvalue weighted by Crippen LogP contribution is -2.20. The van der Waals surface area contributed by atoms with Crippen LogP contribution in [0, 0.1) is 13.8 Å². The molecule has 0 spiro atoms. The number of esters is 1. The third kappa shape index (κ3) is 4.24. The molecule has 0 aliphatic heterocycles. The van der Waals surface area contributed by atoms with E-state index in [2.05, 4.69) is 10.6 Å². The number of hydrogen-bond donors (Lipinski definition) is 2. The lowest BCUT2D eigenvalue weighted by molar-refractivity contribution is 0.0527. The summed E-state index contributed by atoms with van der Waals surface area (Å²) in [5.41, 5.74) is 2.28. The Morgan fingerprint density at radius 1 is 1.21 bits per heavy atom. The molecule has 0 radical (unpaired) electrons. The van der Waals surface area contributed by atoms with Crippen LogP contribution in [-0.4, -0.2) is 24.8 Å². The van der Waals surface area contributed by atoms with Crippen LogP contribution in [0.3, 0.4) is 0 Å². The minimum atomic E-state index is -0.339. The number of ether oxygens (including phenoxy) is 2. The highest BCUT2D eigenvalue weighted by molar-refractivity contribution is 7.80. The molecule has 5 nitrogen and oxygen atoms in total. The number of anilines is 2. The van der Waals surface area contributed by atoms with Crippen LogP contribution in [0.25, 0.3) is 0 Å². The number of carbonyl (C=O) groups is 1. The van der Waals surface area contributed by atoms with E-state index in [0.717, 1.165) is 21.9 Å². The molecule has 0 atom stereocenters. The molecule has 128 valence electrons. The van der Waals surface area contributed by atoms with Gasteiger partial charge in [0.15, 0.2) is 5.11 Å². The van der Waals surface area contributed by atoms with Gasteiger partial charge < -0.3 is 20.1 Å². The maximum atomic E-state index is 12.2. The Balaban J connectivity index is 2.13. The van der Waals surface area contributed by atoms with Gasteiger partial charge in [-0.1, -0.05) is 0 Å². The van der Waals surface area contributed by atoms with E-state index >= 15 is 0 Å². The Morgan fingerprint density at radius 3 is 2.46 bits per heavy atom. The molecule has 0 amide bonds. The summed E-state index contributed by atoms with van der Waals surface area (Å²) in [6.45, 7) is 5.99. The Bertz CT molecular complexity index is 739. The van der Waals surface area contributed by atoms with Crippen molar-refractivity contribution in [1.82, 2.24) is 0 Å². The summed E-state index contributed by atoms with van der Waals surface area (Å²) in [7, 11) is 1.62.